The quantitative estimate of drug-likeness (QED) is 0.445. The lowest BCUT2D eigenvalue weighted by molar-refractivity contribution is -0.289. The average Bonchev–Trinajstić information content (AvgIpc) is 3.30. The van der Waals surface area contributed by atoms with E-state index in [9.17, 15) is 26.3 Å². The van der Waals surface area contributed by atoms with Gasteiger partial charge in [0, 0.05) is 24.9 Å². The van der Waals surface area contributed by atoms with E-state index in [-0.39, 0.29) is 0 Å². The van der Waals surface area contributed by atoms with Crippen molar-refractivity contribution in [2.45, 2.75) is 24.2 Å². The number of halogens is 10. The van der Waals surface area contributed by atoms with Crippen molar-refractivity contribution in [3.63, 3.8) is 0 Å². The normalized spacial score (nSPS) is 12.6. The van der Waals surface area contributed by atoms with E-state index in [1.807, 2.05) is 0 Å². The van der Waals surface area contributed by atoms with Crippen molar-refractivity contribution >= 4 is 33.0 Å². The van der Waals surface area contributed by atoms with Crippen LogP contribution in [0.3, 0.4) is 0 Å². The Labute approximate surface area is 204 Å². The Bertz CT molecular complexity index is 1640. The van der Waals surface area contributed by atoms with Crippen molar-refractivity contribution in [2.75, 3.05) is 0 Å². The van der Waals surface area contributed by atoms with E-state index in [1.165, 1.54) is 24.3 Å². The molecule has 2 heterocycles. The summed E-state index contributed by atoms with van der Waals surface area (Å²) < 4.78 is 142. The van der Waals surface area contributed by atoms with Crippen LogP contribution in [0.1, 0.15) is 11.1 Å². The number of nitrogens with zero attached hydrogens (tertiary/aromatic N) is 6. The summed E-state index contributed by atoms with van der Waals surface area (Å²) in [6.07, 6.45) is -12.8. The van der Waals surface area contributed by atoms with E-state index in [0.717, 1.165) is 0 Å². The Morgan fingerprint density at radius 2 is 0.842 bits per heavy atom. The molecule has 0 fully saturated rings. The van der Waals surface area contributed by atoms with Crippen molar-refractivity contribution in [2.24, 2.45) is 14.1 Å². The van der Waals surface area contributed by atoms with Gasteiger partial charge in [0.2, 0.25) is 0 Å². The lowest BCUT2D eigenvalue weighted by Gasteiger charge is -2.26. The van der Waals surface area contributed by atoms with Crippen molar-refractivity contribution in [3.8, 4) is 24.3 Å². The first kappa shape index (κ1) is 27.9. The number of rotatable bonds is 2. The number of hydrogen-bond acceptors (Lipinski definition) is 4. The number of alkyl halides is 10. The number of aromatic nitrogens is 2. The zero-order chi connectivity index (χ0) is 29.2. The average molecular weight is 546 g/mol. The maximum Gasteiger partial charge on any atom is 0.458 e. The first-order valence-electron chi connectivity index (χ1n) is 9.73. The second kappa shape index (κ2) is 8.42. The smallest absolute Gasteiger partial charge is 0.342 e. The topological polar surface area (TPSA) is 105 Å². The number of nitriles is 4. The summed E-state index contributed by atoms with van der Waals surface area (Å²) in [5, 5.41) is 32.0. The van der Waals surface area contributed by atoms with Crippen molar-refractivity contribution in [1.82, 2.24) is 9.13 Å². The number of benzene rings is 1. The van der Waals surface area contributed by atoms with Crippen molar-refractivity contribution < 1.29 is 43.9 Å². The van der Waals surface area contributed by atoms with Gasteiger partial charge in [-0.2, -0.15) is 65.0 Å². The van der Waals surface area contributed by atoms with Gasteiger partial charge >= 0.3 is 24.2 Å². The third kappa shape index (κ3) is 3.60. The van der Waals surface area contributed by atoms with Crippen LogP contribution < -0.4 is 10.7 Å². The highest BCUT2D eigenvalue weighted by Crippen LogP contribution is 2.54. The van der Waals surface area contributed by atoms with Gasteiger partial charge in [0.1, 0.15) is 24.3 Å². The Morgan fingerprint density at radius 3 is 1.05 bits per heavy atom. The largest absolute Gasteiger partial charge is 0.458 e. The van der Waals surface area contributed by atoms with Crippen LogP contribution >= 0.6 is 0 Å². The molecule has 3 aromatic rings. The molecular formula is C22H8F10N6. The van der Waals surface area contributed by atoms with Crippen LogP contribution in [0.4, 0.5) is 43.9 Å². The predicted molar refractivity (Wildman–Crippen MR) is 108 cm³/mol. The lowest BCUT2D eigenvalue weighted by Crippen LogP contribution is -2.36. The van der Waals surface area contributed by atoms with Gasteiger partial charge in [-0.3, -0.25) is 0 Å². The second-order valence-electron chi connectivity index (χ2n) is 7.79. The van der Waals surface area contributed by atoms with Crippen LogP contribution in [0.5, 0.6) is 0 Å². The summed E-state index contributed by atoms with van der Waals surface area (Å²) in [6, 6.07) is 5.67. The Morgan fingerprint density at radius 1 is 0.579 bits per heavy atom. The molecule has 0 bridgehead atoms. The lowest BCUT2D eigenvalue weighted by atomic mass is 9.92. The number of aryl methyl sites for hydroxylation is 2. The standard InChI is InChI=1S/C22H8F10N6/c1-37-13(9(5-33)6-34)3-11-16(20(25,26)22(30,31)32)18-12(4-14(38(18)2)10(7-35)8-36)15(17(11)37)19(23,24)21(27,28)29/h3-4H,1-2H3. The van der Waals surface area contributed by atoms with Crippen LogP contribution in [0.2, 0.25) is 0 Å². The summed E-state index contributed by atoms with van der Waals surface area (Å²) in [5.74, 6) is -11.8. The highest BCUT2D eigenvalue weighted by Gasteiger charge is 2.64. The molecule has 0 saturated carbocycles. The molecule has 3 rings (SSSR count). The fraction of sp³-hybridized carbons (Fsp3) is 0.273. The maximum absolute atomic E-state index is 15.0. The Hall–Kier alpha value is -4.70. The number of hydrogen-bond donors (Lipinski definition) is 0. The molecular weight excluding hydrogens is 538 g/mol. The van der Waals surface area contributed by atoms with E-state index in [1.54, 1.807) is 0 Å². The third-order valence-corrected chi connectivity index (χ3v) is 5.78. The van der Waals surface area contributed by atoms with E-state index in [4.69, 9.17) is 21.0 Å². The molecule has 0 atom stereocenters. The predicted octanol–water partition coefficient (Wildman–Crippen LogP) is 4.37. The van der Waals surface area contributed by atoms with Gasteiger partial charge in [-0.05, 0) is 12.1 Å². The molecule has 2 aromatic heterocycles. The maximum atomic E-state index is 15.0. The van der Waals surface area contributed by atoms with E-state index in [2.05, 4.69) is 0 Å². The van der Waals surface area contributed by atoms with Gasteiger partial charge in [0.15, 0.2) is 11.1 Å². The van der Waals surface area contributed by atoms with Crippen LogP contribution in [0.25, 0.3) is 33.0 Å². The first-order chi connectivity index (χ1) is 17.3. The molecule has 0 radical (unpaired) electrons. The van der Waals surface area contributed by atoms with E-state index in [0.29, 0.717) is 35.4 Å². The Kier molecular flexibility index (Phi) is 6.18. The summed E-state index contributed by atoms with van der Waals surface area (Å²) in [4.78, 5) is 0. The molecule has 6 nitrogen and oxygen atoms in total. The van der Waals surface area contributed by atoms with Crippen LogP contribution in [0.15, 0.2) is 12.1 Å². The molecule has 0 saturated heterocycles. The van der Waals surface area contributed by atoms with Gasteiger partial charge in [-0.1, -0.05) is 0 Å². The second-order valence-corrected chi connectivity index (χ2v) is 7.79. The van der Waals surface area contributed by atoms with E-state index >= 15 is 17.6 Å². The van der Waals surface area contributed by atoms with Gasteiger partial charge in [-0.15, -0.1) is 0 Å². The first-order valence-corrected chi connectivity index (χ1v) is 9.73. The molecule has 16 heteroatoms. The minimum absolute atomic E-state index is 0.299. The monoisotopic (exact) mass is 546 g/mol. The molecule has 196 valence electrons. The molecule has 38 heavy (non-hydrogen) atoms. The highest BCUT2D eigenvalue weighted by molar-refractivity contribution is 6.06. The summed E-state index contributed by atoms with van der Waals surface area (Å²) in [7, 11) is 1.38. The molecule has 0 aliphatic rings. The fourth-order valence-corrected chi connectivity index (χ4v) is 4.13. The van der Waals surface area contributed by atoms with Crippen LogP contribution in [-0.4, -0.2) is 21.5 Å². The molecule has 0 spiro atoms. The van der Waals surface area contributed by atoms with Gasteiger partial charge in [-0.25, -0.2) is 0 Å². The van der Waals surface area contributed by atoms with Gasteiger partial charge < -0.3 is 9.13 Å². The molecule has 0 aliphatic heterocycles. The molecule has 0 amide bonds. The molecule has 0 unspecified atom stereocenters. The van der Waals surface area contributed by atoms with Gasteiger partial charge in [0.05, 0.1) is 32.9 Å². The van der Waals surface area contributed by atoms with Crippen LogP contribution in [0, 0.1) is 45.3 Å². The fourth-order valence-electron chi connectivity index (χ4n) is 4.13. The minimum Gasteiger partial charge on any atom is -0.342 e. The molecule has 1 aromatic carbocycles. The third-order valence-electron chi connectivity index (χ3n) is 5.78. The van der Waals surface area contributed by atoms with E-state index < -0.39 is 79.0 Å². The molecule has 0 N–H and O–H groups in total. The molecule has 0 aliphatic carbocycles. The van der Waals surface area contributed by atoms with Crippen molar-refractivity contribution in [3.05, 3.63) is 34.0 Å². The summed E-state index contributed by atoms with van der Waals surface area (Å²) in [6.45, 7) is 0. The van der Waals surface area contributed by atoms with Crippen LogP contribution in [-0.2, 0) is 25.9 Å². The minimum atomic E-state index is -6.41. The van der Waals surface area contributed by atoms with Gasteiger partial charge in [0.25, 0.3) is 0 Å². The summed E-state index contributed by atoms with van der Waals surface area (Å²) >= 11 is 0. The summed E-state index contributed by atoms with van der Waals surface area (Å²) in [5.41, 5.74) is -9.11. The van der Waals surface area contributed by atoms with Crippen molar-refractivity contribution in [1.29, 1.82) is 21.0 Å². The highest BCUT2D eigenvalue weighted by atomic mass is 19.4. The zero-order valence-electron chi connectivity index (χ0n) is 18.6. The zero-order valence-corrected chi connectivity index (χ0v) is 18.6. The SMILES string of the molecule is Cn1c(=C(C#N)C#N)cc2c(C(F)(F)C(F)(F)F)c3c(cc(=C(C#N)C#N)n3C)c(C(F)(F)C(F)(F)F)c21. The number of fused-ring (bicyclic) bond motifs is 2. The Balaban J connectivity index is 3.01.